The summed E-state index contributed by atoms with van der Waals surface area (Å²) in [5.74, 6) is 6.41. The highest BCUT2D eigenvalue weighted by Crippen LogP contribution is 2.14. The van der Waals surface area contributed by atoms with Crippen molar-refractivity contribution < 1.29 is 9.53 Å². The van der Waals surface area contributed by atoms with E-state index in [1.165, 1.54) is 0 Å². The standard InChI is InChI=1S/C17H14ClNO2/c1-21-14-10-8-13(9-11-14)5-4-12-19-17(20)15-6-2-3-7-16(15)18/h2-3,6-11H,12H2,1H3,(H,19,20). The van der Waals surface area contributed by atoms with Gasteiger partial charge < -0.3 is 10.1 Å². The van der Waals surface area contributed by atoms with Gasteiger partial charge in [0.05, 0.1) is 24.2 Å². The summed E-state index contributed by atoms with van der Waals surface area (Å²) in [6.07, 6.45) is 0. The maximum atomic E-state index is 11.9. The van der Waals surface area contributed by atoms with Crippen LogP contribution in [0.3, 0.4) is 0 Å². The Morgan fingerprint density at radius 2 is 1.90 bits per heavy atom. The van der Waals surface area contributed by atoms with E-state index in [9.17, 15) is 4.79 Å². The maximum absolute atomic E-state index is 11.9. The third-order valence-electron chi connectivity index (χ3n) is 2.78. The molecule has 0 heterocycles. The highest BCUT2D eigenvalue weighted by molar-refractivity contribution is 6.33. The molecule has 0 aliphatic rings. The lowest BCUT2D eigenvalue weighted by molar-refractivity contribution is 0.0959. The van der Waals surface area contributed by atoms with Crippen LogP contribution in [0.2, 0.25) is 5.02 Å². The molecule has 0 aromatic heterocycles. The average Bonchev–Trinajstić information content (AvgIpc) is 2.52. The van der Waals surface area contributed by atoms with Gasteiger partial charge in [-0.3, -0.25) is 4.79 Å². The van der Waals surface area contributed by atoms with Gasteiger partial charge in [-0.05, 0) is 36.4 Å². The molecule has 0 saturated carbocycles. The molecule has 1 amide bonds. The molecule has 0 radical (unpaired) electrons. The number of methoxy groups -OCH3 is 1. The zero-order valence-corrected chi connectivity index (χ0v) is 12.3. The molecule has 0 atom stereocenters. The molecule has 0 bridgehead atoms. The molecule has 1 N–H and O–H groups in total. The van der Waals surface area contributed by atoms with E-state index in [1.54, 1.807) is 31.4 Å². The smallest absolute Gasteiger partial charge is 0.253 e. The zero-order valence-electron chi connectivity index (χ0n) is 11.5. The summed E-state index contributed by atoms with van der Waals surface area (Å²) in [5.41, 5.74) is 1.31. The number of amides is 1. The molecule has 3 nitrogen and oxygen atoms in total. The number of benzene rings is 2. The minimum Gasteiger partial charge on any atom is -0.497 e. The van der Waals surface area contributed by atoms with E-state index >= 15 is 0 Å². The number of carbonyl (C=O) groups is 1. The van der Waals surface area contributed by atoms with Crippen molar-refractivity contribution in [3.63, 3.8) is 0 Å². The summed E-state index contributed by atoms with van der Waals surface area (Å²) in [5, 5.41) is 3.14. The molecule has 21 heavy (non-hydrogen) atoms. The quantitative estimate of drug-likeness (QED) is 0.884. The fourth-order valence-electron chi connectivity index (χ4n) is 1.69. The summed E-state index contributed by atoms with van der Waals surface area (Å²) in [7, 11) is 1.62. The number of hydrogen-bond acceptors (Lipinski definition) is 2. The van der Waals surface area contributed by atoms with Gasteiger partial charge in [-0.2, -0.15) is 0 Å². The predicted octanol–water partition coefficient (Wildman–Crippen LogP) is 3.13. The van der Waals surface area contributed by atoms with E-state index < -0.39 is 0 Å². The first-order chi connectivity index (χ1) is 10.2. The van der Waals surface area contributed by atoms with Crippen molar-refractivity contribution in [2.24, 2.45) is 0 Å². The molecule has 2 aromatic carbocycles. The summed E-state index contributed by atoms with van der Waals surface area (Å²) >= 11 is 5.95. The monoisotopic (exact) mass is 299 g/mol. The molecule has 2 aromatic rings. The number of hydrogen-bond donors (Lipinski definition) is 1. The van der Waals surface area contributed by atoms with Crippen molar-refractivity contribution >= 4 is 17.5 Å². The summed E-state index contributed by atoms with van der Waals surface area (Å²) < 4.78 is 5.07. The molecular weight excluding hydrogens is 286 g/mol. The molecule has 0 spiro atoms. The lowest BCUT2D eigenvalue weighted by Gasteiger charge is -2.02. The number of carbonyl (C=O) groups excluding carboxylic acids is 1. The molecule has 0 fully saturated rings. The minimum atomic E-state index is -0.232. The molecule has 0 aliphatic carbocycles. The lowest BCUT2D eigenvalue weighted by atomic mass is 10.2. The zero-order chi connectivity index (χ0) is 15.1. The third-order valence-corrected chi connectivity index (χ3v) is 3.11. The molecule has 0 saturated heterocycles. The topological polar surface area (TPSA) is 38.3 Å². The van der Waals surface area contributed by atoms with Gasteiger partial charge in [0.25, 0.3) is 5.91 Å². The fraction of sp³-hybridized carbons (Fsp3) is 0.118. The van der Waals surface area contributed by atoms with E-state index in [1.807, 2.05) is 24.3 Å². The first kappa shape index (κ1) is 15.0. The highest BCUT2D eigenvalue weighted by atomic mass is 35.5. The molecule has 2 rings (SSSR count). The maximum Gasteiger partial charge on any atom is 0.253 e. The van der Waals surface area contributed by atoms with E-state index in [0.717, 1.165) is 11.3 Å². The summed E-state index contributed by atoms with van der Waals surface area (Å²) in [6, 6.07) is 14.3. The second-order valence-electron chi connectivity index (χ2n) is 4.19. The Hall–Kier alpha value is -2.44. The van der Waals surface area contributed by atoms with Gasteiger partial charge in [-0.1, -0.05) is 35.6 Å². The molecular formula is C17H14ClNO2. The largest absolute Gasteiger partial charge is 0.497 e. The van der Waals surface area contributed by atoms with Crippen LogP contribution < -0.4 is 10.1 Å². The summed E-state index contributed by atoms with van der Waals surface area (Å²) in [4.78, 5) is 11.9. The number of nitrogens with one attached hydrogen (secondary N) is 1. The number of ether oxygens (including phenoxy) is 1. The number of halogens is 1. The van der Waals surface area contributed by atoms with Gasteiger partial charge in [0.2, 0.25) is 0 Å². The molecule has 0 aliphatic heterocycles. The first-order valence-corrected chi connectivity index (χ1v) is 6.74. The SMILES string of the molecule is COc1ccc(C#CCNC(=O)c2ccccc2Cl)cc1. The van der Waals surface area contributed by atoms with Crippen LogP contribution in [0.1, 0.15) is 15.9 Å². The Morgan fingerprint density at radius 3 is 2.57 bits per heavy atom. The van der Waals surface area contributed by atoms with Gasteiger partial charge >= 0.3 is 0 Å². The van der Waals surface area contributed by atoms with Crippen LogP contribution in [0.5, 0.6) is 5.75 Å². The molecule has 4 heteroatoms. The van der Waals surface area contributed by atoms with E-state index in [4.69, 9.17) is 16.3 Å². The summed E-state index contributed by atoms with van der Waals surface area (Å²) in [6.45, 7) is 0.260. The lowest BCUT2D eigenvalue weighted by Crippen LogP contribution is -2.23. The van der Waals surface area contributed by atoms with Crippen LogP contribution in [0.15, 0.2) is 48.5 Å². The third kappa shape index (κ3) is 4.27. The first-order valence-electron chi connectivity index (χ1n) is 6.36. The predicted molar refractivity (Wildman–Crippen MR) is 83.7 cm³/mol. The van der Waals surface area contributed by atoms with Gasteiger partial charge in [-0.25, -0.2) is 0 Å². The van der Waals surface area contributed by atoms with Crippen molar-refractivity contribution in [3.8, 4) is 17.6 Å². The van der Waals surface area contributed by atoms with Gasteiger partial charge in [0.15, 0.2) is 0 Å². The van der Waals surface area contributed by atoms with Gasteiger partial charge in [-0.15, -0.1) is 0 Å². The van der Waals surface area contributed by atoms with Gasteiger partial charge in [0, 0.05) is 5.56 Å². The molecule has 106 valence electrons. The van der Waals surface area contributed by atoms with Crippen LogP contribution in [-0.2, 0) is 0 Å². The Bertz CT molecular complexity index is 684. The van der Waals surface area contributed by atoms with Crippen molar-refractivity contribution in [1.82, 2.24) is 5.32 Å². The van der Waals surface area contributed by atoms with E-state index in [2.05, 4.69) is 17.2 Å². The van der Waals surface area contributed by atoms with Crippen molar-refractivity contribution in [2.45, 2.75) is 0 Å². The Balaban J connectivity index is 1.91. The second kappa shape index (κ2) is 7.37. The normalized spacial score (nSPS) is 9.43. The van der Waals surface area contributed by atoms with Crippen molar-refractivity contribution in [3.05, 3.63) is 64.7 Å². The van der Waals surface area contributed by atoms with Crippen LogP contribution in [0, 0.1) is 11.8 Å². The van der Waals surface area contributed by atoms with E-state index in [-0.39, 0.29) is 12.5 Å². The van der Waals surface area contributed by atoms with E-state index in [0.29, 0.717) is 10.6 Å². The number of rotatable bonds is 3. The van der Waals surface area contributed by atoms with Crippen LogP contribution in [0.25, 0.3) is 0 Å². The van der Waals surface area contributed by atoms with Crippen LogP contribution in [0.4, 0.5) is 0 Å². The fourth-order valence-corrected chi connectivity index (χ4v) is 1.91. The minimum absolute atomic E-state index is 0.232. The molecule has 0 unspecified atom stereocenters. The van der Waals surface area contributed by atoms with Crippen molar-refractivity contribution in [2.75, 3.05) is 13.7 Å². The average molecular weight is 300 g/mol. The van der Waals surface area contributed by atoms with Gasteiger partial charge in [0.1, 0.15) is 5.75 Å². The highest BCUT2D eigenvalue weighted by Gasteiger charge is 2.07. The Labute approximate surface area is 128 Å². The Morgan fingerprint density at radius 1 is 1.19 bits per heavy atom. The second-order valence-corrected chi connectivity index (χ2v) is 4.60. The Kier molecular flexibility index (Phi) is 5.25. The van der Waals surface area contributed by atoms with Crippen LogP contribution in [-0.4, -0.2) is 19.6 Å². The van der Waals surface area contributed by atoms with Crippen LogP contribution >= 0.6 is 11.6 Å². The van der Waals surface area contributed by atoms with Crippen molar-refractivity contribution in [1.29, 1.82) is 0 Å².